The average molecular weight is 405 g/mol. The van der Waals surface area contributed by atoms with Gasteiger partial charge in [0.1, 0.15) is 0 Å². The highest BCUT2D eigenvalue weighted by Gasteiger charge is 2.60. The predicted octanol–water partition coefficient (Wildman–Crippen LogP) is 5.09. The Kier molecular flexibility index (Phi) is 6.23. The van der Waals surface area contributed by atoms with E-state index in [2.05, 4.69) is 26.8 Å². The SMILES string of the molecule is CC(CO)CCCCC1C(O)CC2C3CC=C4C[C@@H](O)CC[C@]4(C)C3CCC12C. The van der Waals surface area contributed by atoms with Gasteiger partial charge in [0, 0.05) is 6.61 Å². The third-order valence-electron chi connectivity index (χ3n) is 10.1. The number of hydrogen-bond donors (Lipinski definition) is 3. The topological polar surface area (TPSA) is 60.7 Å². The molecule has 29 heavy (non-hydrogen) atoms. The summed E-state index contributed by atoms with van der Waals surface area (Å²) in [6.45, 7) is 7.39. The van der Waals surface area contributed by atoms with Crippen LogP contribution in [0.1, 0.15) is 91.4 Å². The van der Waals surface area contributed by atoms with E-state index in [0.29, 0.717) is 35.7 Å². The molecule has 3 fully saturated rings. The maximum atomic E-state index is 11.1. The lowest BCUT2D eigenvalue weighted by Gasteiger charge is -2.58. The van der Waals surface area contributed by atoms with Crippen LogP contribution >= 0.6 is 0 Å². The molecule has 3 nitrogen and oxygen atoms in total. The van der Waals surface area contributed by atoms with Gasteiger partial charge in [-0.2, -0.15) is 0 Å². The van der Waals surface area contributed by atoms with E-state index in [-0.39, 0.29) is 17.6 Å². The van der Waals surface area contributed by atoms with Gasteiger partial charge in [-0.1, -0.05) is 45.3 Å². The van der Waals surface area contributed by atoms with Crippen molar-refractivity contribution in [1.82, 2.24) is 0 Å². The number of aliphatic hydroxyl groups is 3. The van der Waals surface area contributed by atoms with Gasteiger partial charge in [-0.3, -0.25) is 0 Å². The minimum Gasteiger partial charge on any atom is -0.396 e. The first kappa shape index (κ1) is 21.8. The third kappa shape index (κ3) is 3.74. The van der Waals surface area contributed by atoms with Crippen LogP contribution in [-0.2, 0) is 0 Å². The fourth-order valence-electron chi connectivity index (χ4n) is 8.23. The van der Waals surface area contributed by atoms with E-state index in [1.54, 1.807) is 0 Å². The minimum absolute atomic E-state index is 0.133. The molecule has 0 radical (unpaired) electrons. The smallest absolute Gasteiger partial charge is 0.0577 e. The van der Waals surface area contributed by atoms with Crippen molar-refractivity contribution in [1.29, 1.82) is 0 Å². The molecule has 0 amide bonds. The fraction of sp³-hybridized carbons (Fsp3) is 0.923. The van der Waals surface area contributed by atoms with Crippen LogP contribution < -0.4 is 0 Å². The van der Waals surface area contributed by atoms with Crippen molar-refractivity contribution in [2.24, 2.45) is 40.4 Å². The van der Waals surface area contributed by atoms with E-state index >= 15 is 0 Å². The van der Waals surface area contributed by atoms with Crippen molar-refractivity contribution < 1.29 is 15.3 Å². The zero-order valence-corrected chi connectivity index (χ0v) is 18.9. The Balaban J connectivity index is 1.46. The van der Waals surface area contributed by atoms with Crippen LogP contribution in [0.15, 0.2) is 11.6 Å². The first-order chi connectivity index (χ1) is 13.8. The lowest BCUT2D eigenvalue weighted by molar-refractivity contribution is -0.0533. The molecule has 7 unspecified atom stereocenters. The molecule has 0 saturated heterocycles. The van der Waals surface area contributed by atoms with Crippen molar-refractivity contribution in [3.8, 4) is 0 Å². The zero-order valence-electron chi connectivity index (χ0n) is 18.9. The first-order valence-corrected chi connectivity index (χ1v) is 12.5. The summed E-state index contributed by atoms with van der Waals surface area (Å²) < 4.78 is 0. The van der Waals surface area contributed by atoms with Crippen molar-refractivity contribution in [3.63, 3.8) is 0 Å². The molecule has 9 atom stereocenters. The van der Waals surface area contributed by atoms with E-state index in [4.69, 9.17) is 0 Å². The minimum atomic E-state index is -0.134. The average Bonchev–Trinajstić information content (AvgIpc) is 2.95. The Bertz CT molecular complexity index is 615. The van der Waals surface area contributed by atoms with E-state index < -0.39 is 0 Å². The van der Waals surface area contributed by atoms with Crippen LogP contribution in [-0.4, -0.2) is 34.1 Å². The van der Waals surface area contributed by atoms with Crippen LogP contribution in [0.5, 0.6) is 0 Å². The molecule has 3 N–H and O–H groups in total. The van der Waals surface area contributed by atoms with Gasteiger partial charge in [0.15, 0.2) is 0 Å². The molecule has 4 aliphatic carbocycles. The maximum absolute atomic E-state index is 11.1. The summed E-state index contributed by atoms with van der Waals surface area (Å²) in [5.41, 5.74) is 2.11. The van der Waals surface area contributed by atoms with E-state index in [1.165, 1.54) is 31.3 Å². The van der Waals surface area contributed by atoms with Gasteiger partial charge in [0.05, 0.1) is 12.2 Å². The number of rotatable bonds is 6. The number of allylic oxidation sites excluding steroid dienone is 1. The predicted molar refractivity (Wildman–Crippen MR) is 117 cm³/mol. The van der Waals surface area contributed by atoms with E-state index in [9.17, 15) is 15.3 Å². The second-order valence-electron chi connectivity index (χ2n) is 11.7. The lowest BCUT2D eigenvalue weighted by atomic mass is 9.47. The molecule has 0 spiro atoms. The molecule has 0 aromatic rings. The molecule has 0 heterocycles. The molecule has 0 aliphatic heterocycles. The highest BCUT2D eigenvalue weighted by Crippen LogP contribution is 2.66. The standard InChI is InChI=1S/C26H44O3/c1-17(16-27)6-4-5-7-22-24(29)15-23-20-9-8-18-14-19(28)10-12-25(18,2)21(20)11-13-26(22,23)3/h8,17,19-24,27-29H,4-7,9-16H2,1-3H3/t17?,19-,20?,21?,22?,23?,24?,25-,26?/m0/s1. The summed E-state index contributed by atoms with van der Waals surface area (Å²) in [4.78, 5) is 0. The third-order valence-corrected chi connectivity index (χ3v) is 10.1. The van der Waals surface area contributed by atoms with E-state index in [1.807, 2.05) is 0 Å². The van der Waals surface area contributed by atoms with E-state index in [0.717, 1.165) is 50.9 Å². The Morgan fingerprint density at radius 1 is 1.10 bits per heavy atom. The van der Waals surface area contributed by atoms with Crippen molar-refractivity contribution in [3.05, 3.63) is 11.6 Å². The Morgan fingerprint density at radius 3 is 2.66 bits per heavy atom. The highest BCUT2D eigenvalue weighted by molar-refractivity contribution is 5.25. The van der Waals surface area contributed by atoms with Gasteiger partial charge in [0.2, 0.25) is 0 Å². The van der Waals surface area contributed by atoms with Crippen LogP contribution in [0.4, 0.5) is 0 Å². The summed E-state index contributed by atoms with van der Waals surface area (Å²) >= 11 is 0. The van der Waals surface area contributed by atoms with Crippen LogP contribution in [0.3, 0.4) is 0 Å². The lowest BCUT2D eigenvalue weighted by Crippen LogP contribution is -2.50. The van der Waals surface area contributed by atoms with Gasteiger partial charge in [-0.15, -0.1) is 0 Å². The summed E-state index contributed by atoms with van der Waals surface area (Å²) in [5.74, 6) is 2.96. The monoisotopic (exact) mass is 404 g/mol. The van der Waals surface area contributed by atoms with Crippen LogP contribution in [0.25, 0.3) is 0 Å². The van der Waals surface area contributed by atoms with Gasteiger partial charge < -0.3 is 15.3 Å². The fourth-order valence-corrected chi connectivity index (χ4v) is 8.23. The Morgan fingerprint density at radius 2 is 1.90 bits per heavy atom. The zero-order chi connectivity index (χ0) is 20.8. The molecule has 0 aromatic heterocycles. The molecular weight excluding hydrogens is 360 g/mol. The van der Waals surface area contributed by atoms with Gasteiger partial charge in [-0.25, -0.2) is 0 Å². The molecule has 3 saturated carbocycles. The Labute approximate surface area is 178 Å². The normalized spacial score (nSPS) is 47.7. The number of aliphatic hydroxyl groups excluding tert-OH is 3. The van der Waals surface area contributed by atoms with Crippen molar-refractivity contribution >= 4 is 0 Å². The second-order valence-corrected chi connectivity index (χ2v) is 11.7. The molecule has 3 heteroatoms. The number of fused-ring (bicyclic) bond motifs is 5. The van der Waals surface area contributed by atoms with Crippen molar-refractivity contribution in [2.75, 3.05) is 6.61 Å². The summed E-state index contributed by atoms with van der Waals surface area (Å²) in [6, 6.07) is 0. The maximum Gasteiger partial charge on any atom is 0.0577 e. The van der Waals surface area contributed by atoms with Crippen LogP contribution in [0.2, 0.25) is 0 Å². The summed E-state index contributed by atoms with van der Waals surface area (Å²) in [5, 5.41) is 30.5. The second kappa shape index (κ2) is 8.28. The summed E-state index contributed by atoms with van der Waals surface area (Å²) in [7, 11) is 0. The molecule has 4 aliphatic rings. The van der Waals surface area contributed by atoms with Gasteiger partial charge in [0.25, 0.3) is 0 Å². The van der Waals surface area contributed by atoms with Gasteiger partial charge >= 0.3 is 0 Å². The number of hydrogen-bond acceptors (Lipinski definition) is 3. The van der Waals surface area contributed by atoms with Gasteiger partial charge in [-0.05, 0) is 98.2 Å². The molecule has 166 valence electrons. The first-order valence-electron chi connectivity index (χ1n) is 12.5. The largest absolute Gasteiger partial charge is 0.396 e. The summed E-state index contributed by atoms with van der Waals surface area (Å²) in [6.07, 6.45) is 14.5. The molecular formula is C26H44O3. The quantitative estimate of drug-likeness (QED) is 0.427. The Hall–Kier alpha value is -0.380. The van der Waals surface area contributed by atoms with Crippen molar-refractivity contribution in [2.45, 2.75) is 104 Å². The highest BCUT2D eigenvalue weighted by atomic mass is 16.3. The van der Waals surface area contributed by atoms with Crippen LogP contribution in [0, 0.1) is 40.4 Å². The molecule has 0 bridgehead atoms. The number of unbranched alkanes of at least 4 members (excludes halogenated alkanes) is 1. The molecule has 0 aromatic carbocycles. The molecule has 4 rings (SSSR count).